The Morgan fingerprint density at radius 1 is 1.35 bits per heavy atom. The third-order valence-corrected chi connectivity index (χ3v) is 5.28. The summed E-state index contributed by atoms with van der Waals surface area (Å²) in [7, 11) is 0. The lowest BCUT2D eigenvalue weighted by atomic mass is 9.86. The second-order valence-electron chi connectivity index (χ2n) is 6.87. The summed E-state index contributed by atoms with van der Waals surface area (Å²) in [6, 6.07) is 0.430. The van der Waals surface area contributed by atoms with Crippen LogP contribution in [0.25, 0.3) is 0 Å². The Morgan fingerprint density at radius 3 is 2.70 bits per heavy atom. The van der Waals surface area contributed by atoms with Crippen molar-refractivity contribution in [3.8, 4) is 0 Å². The van der Waals surface area contributed by atoms with E-state index in [2.05, 4.69) is 10.3 Å². The van der Waals surface area contributed by atoms with Gasteiger partial charge in [-0.05, 0) is 32.1 Å². The summed E-state index contributed by atoms with van der Waals surface area (Å²) in [5, 5.41) is 8.29. The first-order valence-electron chi connectivity index (χ1n) is 8.53. The van der Waals surface area contributed by atoms with Gasteiger partial charge in [-0.1, -0.05) is 24.5 Å². The normalized spacial score (nSPS) is 21.0. The van der Waals surface area contributed by atoms with E-state index in [-0.39, 0.29) is 24.9 Å². The molecule has 1 heterocycles. The lowest BCUT2D eigenvalue weighted by molar-refractivity contribution is -0.131. The number of rotatable bonds is 6. The molecule has 1 aromatic heterocycles. The fraction of sp³-hybridized carbons (Fsp3) is 0.812. The standard InChI is InChI=1S/C16H24ClFN4O/c17-9-15(23)21(12-16(18)7-2-1-3-8-16)10-13-11-22(20-19-13)14-5-4-6-14/h11,14H,1-10,12H2. The number of halogens is 2. The number of aromatic nitrogens is 3. The van der Waals surface area contributed by atoms with E-state index in [0.29, 0.717) is 24.6 Å². The Balaban J connectivity index is 1.66. The summed E-state index contributed by atoms with van der Waals surface area (Å²) in [6.45, 7) is 0.388. The lowest BCUT2D eigenvalue weighted by Crippen LogP contribution is -2.44. The molecule has 1 amide bonds. The molecule has 0 saturated heterocycles. The maximum Gasteiger partial charge on any atom is 0.237 e. The largest absolute Gasteiger partial charge is 0.332 e. The summed E-state index contributed by atoms with van der Waals surface area (Å²) < 4.78 is 16.8. The topological polar surface area (TPSA) is 51.0 Å². The highest BCUT2D eigenvalue weighted by Crippen LogP contribution is 2.33. The van der Waals surface area contributed by atoms with Crippen molar-refractivity contribution in [1.29, 1.82) is 0 Å². The smallest absolute Gasteiger partial charge is 0.237 e. The highest BCUT2D eigenvalue weighted by molar-refractivity contribution is 6.27. The van der Waals surface area contributed by atoms with Crippen LogP contribution in [0.15, 0.2) is 6.20 Å². The first-order chi connectivity index (χ1) is 11.1. The van der Waals surface area contributed by atoms with E-state index >= 15 is 0 Å². The third-order valence-electron chi connectivity index (χ3n) is 5.05. The molecule has 7 heteroatoms. The van der Waals surface area contributed by atoms with Crippen molar-refractivity contribution in [3.05, 3.63) is 11.9 Å². The van der Waals surface area contributed by atoms with Crippen LogP contribution >= 0.6 is 11.6 Å². The molecule has 0 aliphatic heterocycles. The zero-order chi connectivity index (χ0) is 16.3. The second-order valence-corrected chi connectivity index (χ2v) is 7.14. The summed E-state index contributed by atoms with van der Waals surface area (Å²) in [5.41, 5.74) is -0.584. The maximum atomic E-state index is 14.9. The summed E-state index contributed by atoms with van der Waals surface area (Å²) in [6.07, 6.45) is 9.24. The maximum absolute atomic E-state index is 14.9. The number of amides is 1. The van der Waals surface area contributed by atoms with Crippen molar-refractivity contribution in [2.24, 2.45) is 0 Å². The van der Waals surface area contributed by atoms with Gasteiger partial charge >= 0.3 is 0 Å². The van der Waals surface area contributed by atoms with Crippen LogP contribution in [0.4, 0.5) is 4.39 Å². The molecule has 0 radical (unpaired) electrons. The van der Waals surface area contributed by atoms with Crippen molar-refractivity contribution in [2.45, 2.75) is 69.6 Å². The van der Waals surface area contributed by atoms with E-state index in [9.17, 15) is 9.18 Å². The Kier molecular flexibility index (Phi) is 5.19. The van der Waals surface area contributed by atoms with E-state index in [1.807, 2.05) is 10.9 Å². The molecule has 0 unspecified atom stereocenters. The van der Waals surface area contributed by atoms with Gasteiger partial charge in [-0.2, -0.15) is 0 Å². The van der Waals surface area contributed by atoms with Gasteiger partial charge in [0.15, 0.2) is 0 Å². The van der Waals surface area contributed by atoms with Crippen LogP contribution in [0.3, 0.4) is 0 Å². The quantitative estimate of drug-likeness (QED) is 0.746. The van der Waals surface area contributed by atoms with E-state index in [1.165, 1.54) is 11.3 Å². The molecule has 0 N–H and O–H groups in total. The van der Waals surface area contributed by atoms with Crippen LogP contribution in [-0.4, -0.2) is 43.9 Å². The van der Waals surface area contributed by atoms with Gasteiger partial charge in [-0.3, -0.25) is 4.79 Å². The van der Waals surface area contributed by atoms with Crippen LogP contribution in [0, 0.1) is 0 Å². The van der Waals surface area contributed by atoms with Gasteiger partial charge in [0.1, 0.15) is 17.2 Å². The zero-order valence-corrected chi connectivity index (χ0v) is 14.1. The molecular weight excluding hydrogens is 319 g/mol. The minimum Gasteiger partial charge on any atom is -0.332 e. The van der Waals surface area contributed by atoms with Crippen LogP contribution < -0.4 is 0 Å². The molecule has 5 nitrogen and oxygen atoms in total. The average Bonchev–Trinajstić information content (AvgIpc) is 2.92. The molecule has 23 heavy (non-hydrogen) atoms. The van der Waals surface area contributed by atoms with E-state index < -0.39 is 5.67 Å². The molecule has 0 bridgehead atoms. The van der Waals surface area contributed by atoms with Crippen molar-refractivity contribution in [3.63, 3.8) is 0 Å². The number of alkyl halides is 2. The predicted octanol–water partition coefficient (Wildman–Crippen LogP) is 3.24. The number of carbonyl (C=O) groups excluding carboxylic acids is 1. The second kappa shape index (κ2) is 7.16. The van der Waals surface area contributed by atoms with Gasteiger partial charge in [0.25, 0.3) is 0 Å². The summed E-state index contributed by atoms with van der Waals surface area (Å²) in [5.74, 6) is -0.375. The highest BCUT2D eigenvalue weighted by atomic mass is 35.5. The van der Waals surface area contributed by atoms with Crippen LogP contribution in [0.5, 0.6) is 0 Å². The third kappa shape index (κ3) is 4.03. The minimum atomic E-state index is -1.29. The number of nitrogens with zero attached hydrogens (tertiary/aromatic N) is 4. The fourth-order valence-corrected chi connectivity index (χ4v) is 3.58. The van der Waals surface area contributed by atoms with Crippen LogP contribution in [0.1, 0.15) is 63.1 Å². The lowest BCUT2D eigenvalue weighted by Gasteiger charge is -2.34. The molecule has 0 atom stereocenters. The van der Waals surface area contributed by atoms with Crippen molar-refractivity contribution in [2.75, 3.05) is 12.4 Å². The molecular formula is C16H24ClFN4O. The monoisotopic (exact) mass is 342 g/mol. The summed E-state index contributed by atoms with van der Waals surface area (Å²) >= 11 is 5.71. The first kappa shape index (κ1) is 16.7. The zero-order valence-electron chi connectivity index (χ0n) is 13.4. The molecule has 1 aromatic rings. The number of hydrogen-bond donors (Lipinski definition) is 0. The molecule has 2 saturated carbocycles. The highest BCUT2D eigenvalue weighted by Gasteiger charge is 2.35. The van der Waals surface area contributed by atoms with Crippen molar-refractivity contribution in [1.82, 2.24) is 19.9 Å². The van der Waals surface area contributed by atoms with Gasteiger partial charge in [-0.25, -0.2) is 9.07 Å². The average molecular weight is 343 g/mol. The van der Waals surface area contributed by atoms with E-state index in [1.54, 1.807) is 0 Å². The number of carbonyl (C=O) groups is 1. The van der Waals surface area contributed by atoms with Gasteiger partial charge in [0.05, 0.1) is 25.3 Å². The Morgan fingerprint density at radius 2 is 2.09 bits per heavy atom. The van der Waals surface area contributed by atoms with Gasteiger partial charge in [-0.15, -0.1) is 16.7 Å². The Bertz CT molecular complexity index is 540. The van der Waals surface area contributed by atoms with Gasteiger partial charge in [0.2, 0.25) is 5.91 Å². The SMILES string of the molecule is O=C(CCl)N(Cc1cn(C2CCC2)nn1)CC1(F)CCCCC1. The molecule has 2 aliphatic rings. The Hall–Kier alpha value is -1.17. The van der Waals surface area contributed by atoms with Gasteiger partial charge < -0.3 is 4.90 Å². The van der Waals surface area contributed by atoms with Crippen molar-refractivity contribution < 1.29 is 9.18 Å². The number of hydrogen-bond acceptors (Lipinski definition) is 3. The van der Waals surface area contributed by atoms with E-state index in [0.717, 1.165) is 32.1 Å². The predicted molar refractivity (Wildman–Crippen MR) is 86.0 cm³/mol. The van der Waals surface area contributed by atoms with Crippen molar-refractivity contribution >= 4 is 17.5 Å². The molecule has 128 valence electrons. The summed E-state index contributed by atoms with van der Waals surface area (Å²) in [4.78, 5) is 13.6. The van der Waals surface area contributed by atoms with Crippen LogP contribution in [0.2, 0.25) is 0 Å². The first-order valence-corrected chi connectivity index (χ1v) is 9.06. The van der Waals surface area contributed by atoms with Crippen LogP contribution in [-0.2, 0) is 11.3 Å². The molecule has 2 fully saturated rings. The molecule has 0 spiro atoms. The molecule has 2 aliphatic carbocycles. The van der Waals surface area contributed by atoms with E-state index in [4.69, 9.17) is 11.6 Å². The molecule has 3 rings (SSSR count). The molecule has 0 aromatic carbocycles. The fourth-order valence-electron chi connectivity index (χ4n) is 3.41. The Labute approximate surface area is 141 Å². The minimum absolute atomic E-state index is 0.106. The van der Waals surface area contributed by atoms with Gasteiger partial charge in [0, 0.05) is 0 Å².